The molecule has 1 N–H and O–H groups in total. The lowest BCUT2D eigenvalue weighted by Crippen LogP contribution is -2.15. The quantitative estimate of drug-likeness (QED) is 0.926. The molecular weight excluding hydrogens is 254 g/mol. The summed E-state index contributed by atoms with van der Waals surface area (Å²) in [6, 6.07) is 7.76. The number of ether oxygens (including phenoxy) is 2. The highest BCUT2D eigenvalue weighted by Crippen LogP contribution is 2.33. The maximum Gasteiger partial charge on any atom is 0.223 e. The van der Waals surface area contributed by atoms with Gasteiger partial charge in [0.05, 0.1) is 5.69 Å². The van der Waals surface area contributed by atoms with Crippen molar-refractivity contribution >= 4 is 5.95 Å². The highest BCUT2D eigenvalue weighted by atomic mass is 16.6. The summed E-state index contributed by atoms with van der Waals surface area (Å²) >= 11 is 0. The Bertz CT molecular complexity index is 601. The highest BCUT2D eigenvalue weighted by molar-refractivity contribution is 5.64. The first-order chi connectivity index (χ1) is 9.86. The average Bonchev–Trinajstić information content (AvgIpc) is 2.53. The van der Waals surface area contributed by atoms with E-state index in [0.29, 0.717) is 19.2 Å². The van der Waals surface area contributed by atoms with Crippen molar-refractivity contribution in [3.05, 3.63) is 30.5 Å². The molecule has 0 radical (unpaired) electrons. The van der Waals surface area contributed by atoms with Gasteiger partial charge in [0.15, 0.2) is 11.5 Å². The van der Waals surface area contributed by atoms with Crippen LogP contribution in [-0.2, 0) is 0 Å². The maximum absolute atomic E-state index is 5.60. The van der Waals surface area contributed by atoms with Gasteiger partial charge in [-0.2, -0.15) is 0 Å². The third-order valence-corrected chi connectivity index (χ3v) is 3.03. The van der Waals surface area contributed by atoms with Crippen molar-refractivity contribution in [1.29, 1.82) is 0 Å². The van der Waals surface area contributed by atoms with Crippen molar-refractivity contribution in [3.8, 4) is 22.8 Å². The van der Waals surface area contributed by atoms with Gasteiger partial charge in [0.1, 0.15) is 13.2 Å². The zero-order chi connectivity index (χ0) is 13.8. The number of fused-ring (bicyclic) bond motifs is 1. The Hall–Kier alpha value is -2.30. The summed E-state index contributed by atoms with van der Waals surface area (Å²) in [6.45, 7) is 4.16. The van der Waals surface area contributed by atoms with Crippen molar-refractivity contribution < 1.29 is 9.47 Å². The highest BCUT2D eigenvalue weighted by Gasteiger charge is 2.13. The van der Waals surface area contributed by atoms with Crippen LogP contribution in [0.25, 0.3) is 11.3 Å². The average molecular weight is 271 g/mol. The first-order valence-electron chi connectivity index (χ1n) is 6.84. The monoisotopic (exact) mass is 271 g/mol. The fourth-order valence-corrected chi connectivity index (χ4v) is 2.04. The van der Waals surface area contributed by atoms with Gasteiger partial charge in [-0.15, -0.1) is 0 Å². The second kappa shape index (κ2) is 5.77. The molecule has 1 aromatic carbocycles. The van der Waals surface area contributed by atoms with E-state index < -0.39 is 0 Å². The van der Waals surface area contributed by atoms with Crippen molar-refractivity contribution in [2.75, 3.05) is 25.1 Å². The molecule has 0 saturated carbocycles. The largest absolute Gasteiger partial charge is 0.486 e. The first kappa shape index (κ1) is 12.7. The summed E-state index contributed by atoms with van der Waals surface area (Å²) in [5.41, 5.74) is 1.87. The number of nitrogens with one attached hydrogen (secondary N) is 1. The Morgan fingerprint density at radius 3 is 2.85 bits per heavy atom. The smallest absolute Gasteiger partial charge is 0.223 e. The van der Waals surface area contributed by atoms with Gasteiger partial charge in [-0.1, -0.05) is 6.92 Å². The number of nitrogens with zero attached hydrogens (tertiary/aromatic N) is 2. The minimum atomic E-state index is 0.587. The van der Waals surface area contributed by atoms with Crippen molar-refractivity contribution in [2.24, 2.45) is 0 Å². The number of aromatic nitrogens is 2. The summed E-state index contributed by atoms with van der Waals surface area (Å²) in [7, 11) is 0. The SMILES string of the molecule is CCCNc1nccc(-c2ccc3c(c2)OCCO3)n1. The Labute approximate surface area is 118 Å². The predicted molar refractivity (Wildman–Crippen MR) is 77.2 cm³/mol. The van der Waals surface area contributed by atoms with Crippen LogP contribution in [0.4, 0.5) is 5.95 Å². The molecule has 0 unspecified atom stereocenters. The van der Waals surface area contributed by atoms with Crippen LogP contribution in [0.2, 0.25) is 0 Å². The molecule has 0 saturated heterocycles. The van der Waals surface area contributed by atoms with E-state index in [1.807, 2.05) is 24.3 Å². The van der Waals surface area contributed by atoms with E-state index in [9.17, 15) is 0 Å². The molecule has 0 spiro atoms. The summed E-state index contributed by atoms with van der Waals surface area (Å²) < 4.78 is 11.1. The van der Waals surface area contributed by atoms with E-state index in [-0.39, 0.29) is 0 Å². The fourth-order valence-electron chi connectivity index (χ4n) is 2.04. The van der Waals surface area contributed by atoms with Crippen molar-refractivity contribution in [1.82, 2.24) is 9.97 Å². The zero-order valence-corrected chi connectivity index (χ0v) is 11.4. The molecule has 0 fully saturated rings. The van der Waals surface area contributed by atoms with E-state index in [4.69, 9.17) is 9.47 Å². The van der Waals surface area contributed by atoms with Crippen molar-refractivity contribution in [3.63, 3.8) is 0 Å². The Morgan fingerprint density at radius 2 is 2.00 bits per heavy atom. The summed E-state index contributed by atoms with van der Waals surface area (Å²) in [5.74, 6) is 2.22. The molecular formula is C15H17N3O2. The molecule has 0 bridgehead atoms. The Balaban J connectivity index is 1.88. The van der Waals surface area contributed by atoms with Crippen LogP contribution < -0.4 is 14.8 Å². The predicted octanol–water partition coefficient (Wildman–Crippen LogP) is 2.74. The molecule has 3 rings (SSSR count). The lowest BCUT2D eigenvalue weighted by molar-refractivity contribution is 0.171. The first-order valence-corrected chi connectivity index (χ1v) is 6.84. The van der Waals surface area contributed by atoms with Crippen LogP contribution >= 0.6 is 0 Å². The van der Waals surface area contributed by atoms with Crippen LogP contribution in [0.3, 0.4) is 0 Å². The molecule has 1 aliphatic rings. The zero-order valence-electron chi connectivity index (χ0n) is 11.4. The lowest BCUT2D eigenvalue weighted by atomic mass is 10.1. The van der Waals surface area contributed by atoms with Gasteiger partial charge in [-0.05, 0) is 30.7 Å². The molecule has 0 aliphatic carbocycles. The normalized spacial score (nSPS) is 13.1. The number of rotatable bonds is 4. The maximum atomic E-state index is 5.60. The summed E-state index contributed by atoms with van der Waals surface area (Å²) in [5, 5.41) is 3.19. The molecule has 104 valence electrons. The molecule has 2 heterocycles. The topological polar surface area (TPSA) is 56.3 Å². The third kappa shape index (κ3) is 2.66. The molecule has 5 heteroatoms. The van der Waals surface area contributed by atoms with Gasteiger partial charge in [0.25, 0.3) is 0 Å². The molecule has 2 aromatic rings. The minimum Gasteiger partial charge on any atom is -0.486 e. The van der Waals surface area contributed by atoms with Crippen LogP contribution in [0.5, 0.6) is 11.5 Å². The van der Waals surface area contributed by atoms with Gasteiger partial charge in [0.2, 0.25) is 5.95 Å². The molecule has 0 amide bonds. The number of hydrogen-bond acceptors (Lipinski definition) is 5. The molecule has 1 aromatic heterocycles. The van der Waals surface area contributed by atoms with E-state index in [2.05, 4.69) is 22.2 Å². The molecule has 20 heavy (non-hydrogen) atoms. The second-order valence-corrected chi connectivity index (χ2v) is 4.55. The number of anilines is 1. The van der Waals surface area contributed by atoms with Crippen LogP contribution in [0.15, 0.2) is 30.5 Å². The van der Waals surface area contributed by atoms with Crippen molar-refractivity contribution in [2.45, 2.75) is 13.3 Å². The van der Waals surface area contributed by atoms with Crippen LogP contribution in [-0.4, -0.2) is 29.7 Å². The van der Waals surface area contributed by atoms with Gasteiger partial charge in [-0.3, -0.25) is 0 Å². The van der Waals surface area contributed by atoms with Gasteiger partial charge >= 0.3 is 0 Å². The molecule has 5 nitrogen and oxygen atoms in total. The van der Waals surface area contributed by atoms with E-state index in [1.165, 1.54) is 0 Å². The Morgan fingerprint density at radius 1 is 1.15 bits per heavy atom. The summed E-state index contributed by atoms with van der Waals surface area (Å²) in [4.78, 5) is 8.72. The van der Waals surface area contributed by atoms with Crippen LogP contribution in [0.1, 0.15) is 13.3 Å². The second-order valence-electron chi connectivity index (χ2n) is 4.55. The minimum absolute atomic E-state index is 0.587. The van der Waals surface area contributed by atoms with Gasteiger partial charge in [-0.25, -0.2) is 9.97 Å². The number of benzene rings is 1. The molecule has 1 aliphatic heterocycles. The molecule has 0 atom stereocenters. The fraction of sp³-hybridized carbons (Fsp3) is 0.333. The third-order valence-electron chi connectivity index (χ3n) is 3.03. The Kier molecular flexibility index (Phi) is 3.67. The van der Waals surface area contributed by atoms with E-state index >= 15 is 0 Å². The number of hydrogen-bond donors (Lipinski definition) is 1. The van der Waals surface area contributed by atoms with E-state index in [0.717, 1.165) is 35.7 Å². The lowest BCUT2D eigenvalue weighted by Gasteiger charge is -2.18. The van der Waals surface area contributed by atoms with Gasteiger partial charge < -0.3 is 14.8 Å². The standard InChI is InChI=1S/C15H17N3O2/c1-2-6-16-15-17-7-5-12(18-15)11-3-4-13-14(10-11)20-9-8-19-13/h3-5,7,10H,2,6,8-9H2,1H3,(H,16,17,18). The van der Waals surface area contributed by atoms with Gasteiger partial charge in [0, 0.05) is 18.3 Å². The summed E-state index contributed by atoms with van der Waals surface area (Å²) in [6.07, 6.45) is 2.80. The van der Waals surface area contributed by atoms with Crippen LogP contribution in [0, 0.1) is 0 Å². The van der Waals surface area contributed by atoms with E-state index in [1.54, 1.807) is 6.20 Å².